The van der Waals surface area contributed by atoms with Gasteiger partial charge in [-0.25, -0.2) is 9.79 Å². The van der Waals surface area contributed by atoms with Crippen LogP contribution in [0, 0.1) is 10.1 Å². The molecule has 1 aliphatic heterocycles. The number of aromatic nitrogens is 1. The Kier molecular flexibility index (Phi) is 7.58. The number of nitro benzene ring substituents is 1. The van der Waals surface area contributed by atoms with Crippen LogP contribution >= 0.6 is 11.3 Å². The third-order valence-electron chi connectivity index (χ3n) is 6.49. The van der Waals surface area contributed by atoms with Crippen LogP contribution in [0.15, 0.2) is 80.1 Å². The summed E-state index contributed by atoms with van der Waals surface area (Å²) in [6.45, 7) is 3.55. The van der Waals surface area contributed by atoms with Crippen molar-refractivity contribution in [3.05, 3.63) is 107 Å². The molecule has 0 spiro atoms. The number of nitrogens with zero attached hydrogens (tertiary/aromatic N) is 3. The van der Waals surface area contributed by atoms with E-state index in [1.54, 1.807) is 62.4 Å². The van der Waals surface area contributed by atoms with Crippen molar-refractivity contribution in [2.24, 2.45) is 4.99 Å². The number of carbonyl (C=O) groups excluding carboxylic acids is 1. The number of hydrogen-bond donors (Lipinski definition) is 0. The molecule has 1 atom stereocenters. The highest BCUT2D eigenvalue weighted by atomic mass is 32.1. The Bertz CT molecular complexity index is 1880. The predicted octanol–water partition coefficient (Wildman–Crippen LogP) is 3.98. The first kappa shape index (κ1) is 27.6. The van der Waals surface area contributed by atoms with Gasteiger partial charge < -0.3 is 18.6 Å². The molecule has 5 rings (SSSR count). The first-order valence-corrected chi connectivity index (χ1v) is 13.3. The van der Waals surface area contributed by atoms with Crippen LogP contribution in [0.3, 0.4) is 0 Å². The average Bonchev–Trinajstić information content (AvgIpc) is 3.56. The standard InChI is InChI=1S/C29H25N3O8S/c1-5-39-28(34)25-16(2)30-29-31(26(25)21-11-9-19(37-3)14-23(21)38-4)27(33)24(41-29)15-20-10-12-22(40-20)17-7-6-8-18(13-17)32(35)36/h6-15,26H,5H2,1-4H3/b24-15-. The van der Waals surface area contributed by atoms with Crippen molar-refractivity contribution in [1.29, 1.82) is 0 Å². The lowest BCUT2D eigenvalue weighted by Crippen LogP contribution is -2.40. The molecular formula is C29H25N3O8S. The Morgan fingerprint density at radius 3 is 2.68 bits per heavy atom. The molecule has 2 aromatic heterocycles. The molecule has 0 saturated carbocycles. The van der Waals surface area contributed by atoms with Crippen molar-refractivity contribution in [1.82, 2.24) is 4.57 Å². The van der Waals surface area contributed by atoms with E-state index in [1.165, 1.54) is 30.9 Å². The summed E-state index contributed by atoms with van der Waals surface area (Å²) >= 11 is 1.15. The van der Waals surface area contributed by atoms with Gasteiger partial charge in [0.05, 0.1) is 41.6 Å². The number of ether oxygens (including phenoxy) is 3. The highest BCUT2D eigenvalue weighted by molar-refractivity contribution is 7.07. The summed E-state index contributed by atoms with van der Waals surface area (Å²) in [6, 6.07) is 13.7. The normalized spacial score (nSPS) is 14.8. The summed E-state index contributed by atoms with van der Waals surface area (Å²) in [6.07, 6.45) is 1.58. The number of nitro groups is 1. The molecule has 0 fully saturated rings. The van der Waals surface area contributed by atoms with Crippen molar-refractivity contribution in [2.45, 2.75) is 19.9 Å². The van der Waals surface area contributed by atoms with Crippen molar-refractivity contribution >= 4 is 29.1 Å². The molecule has 0 saturated heterocycles. The lowest BCUT2D eigenvalue weighted by Gasteiger charge is -2.26. The van der Waals surface area contributed by atoms with Gasteiger partial charge >= 0.3 is 5.97 Å². The molecule has 0 N–H and O–H groups in total. The molecule has 41 heavy (non-hydrogen) atoms. The van der Waals surface area contributed by atoms with Crippen LogP contribution in [0.1, 0.15) is 31.2 Å². The summed E-state index contributed by atoms with van der Waals surface area (Å²) < 4.78 is 24.0. The van der Waals surface area contributed by atoms with E-state index in [4.69, 9.17) is 18.6 Å². The van der Waals surface area contributed by atoms with Crippen LogP contribution in [-0.4, -0.2) is 36.3 Å². The monoisotopic (exact) mass is 575 g/mol. The summed E-state index contributed by atoms with van der Waals surface area (Å²) in [5, 5.41) is 11.2. The molecular weight excluding hydrogens is 550 g/mol. The molecule has 12 heteroatoms. The smallest absolute Gasteiger partial charge is 0.338 e. The Balaban J connectivity index is 1.65. The van der Waals surface area contributed by atoms with E-state index in [1.807, 2.05) is 0 Å². The fourth-order valence-electron chi connectivity index (χ4n) is 4.62. The number of esters is 1. The van der Waals surface area contributed by atoms with Crippen LogP contribution < -0.4 is 24.4 Å². The number of fused-ring (bicyclic) bond motifs is 1. The Morgan fingerprint density at radius 1 is 1.17 bits per heavy atom. The number of furan rings is 1. The summed E-state index contributed by atoms with van der Waals surface area (Å²) in [5.41, 5.74) is 1.28. The molecule has 2 aromatic carbocycles. The van der Waals surface area contributed by atoms with Crippen LogP contribution in [0.5, 0.6) is 11.5 Å². The third kappa shape index (κ3) is 5.16. The number of hydrogen-bond acceptors (Lipinski definition) is 10. The number of non-ortho nitro benzene ring substituents is 1. The summed E-state index contributed by atoms with van der Waals surface area (Å²) in [4.78, 5) is 42.7. The van der Waals surface area contributed by atoms with Gasteiger partial charge in [-0.1, -0.05) is 23.5 Å². The number of thiazole rings is 1. The molecule has 0 bridgehead atoms. The zero-order valence-corrected chi connectivity index (χ0v) is 23.4. The molecule has 0 amide bonds. The maximum absolute atomic E-state index is 13.9. The maximum Gasteiger partial charge on any atom is 0.338 e. The maximum atomic E-state index is 13.9. The Hall–Kier alpha value is -4.97. The molecule has 3 heterocycles. The second kappa shape index (κ2) is 11.3. The van der Waals surface area contributed by atoms with E-state index < -0.39 is 16.9 Å². The highest BCUT2D eigenvalue weighted by Gasteiger charge is 2.35. The largest absolute Gasteiger partial charge is 0.497 e. The minimum atomic E-state index is -0.870. The Morgan fingerprint density at radius 2 is 1.98 bits per heavy atom. The van der Waals surface area contributed by atoms with E-state index in [0.29, 0.717) is 49.2 Å². The molecule has 210 valence electrons. The number of allylic oxidation sites excluding steroid dienone is 1. The van der Waals surface area contributed by atoms with Gasteiger partial charge in [-0.05, 0) is 38.1 Å². The average molecular weight is 576 g/mol. The van der Waals surface area contributed by atoms with Gasteiger partial charge in [-0.2, -0.15) is 0 Å². The van der Waals surface area contributed by atoms with Crippen LogP contribution in [0.2, 0.25) is 0 Å². The Labute approximate surface area is 237 Å². The lowest BCUT2D eigenvalue weighted by molar-refractivity contribution is -0.384. The van der Waals surface area contributed by atoms with Crippen LogP contribution in [0.4, 0.5) is 5.69 Å². The molecule has 0 aliphatic carbocycles. The number of benzene rings is 2. The molecule has 1 unspecified atom stereocenters. The summed E-state index contributed by atoms with van der Waals surface area (Å²) in [7, 11) is 3.03. The second-order valence-electron chi connectivity index (χ2n) is 8.92. The highest BCUT2D eigenvalue weighted by Crippen LogP contribution is 2.37. The van der Waals surface area contributed by atoms with Crippen LogP contribution in [0.25, 0.3) is 17.4 Å². The fourth-order valence-corrected chi connectivity index (χ4v) is 5.64. The summed E-state index contributed by atoms with van der Waals surface area (Å²) in [5.74, 6) is 1.17. The zero-order chi connectivity index (χ0) is 29.3. The third-order valence-corrected chi connectivity index (χ3v) is 7.48. The van der Waals surface area contributed by atoms with Gasteiger partial charge in [0, 0.05) is 35.4 Å². The molecule has 1 aliphatic rings. The first-order chi connectivity index (χ1) is 19.7. The van der Waals surface area contributed by atoms with Crippen LogP contribution in [-0.2, 0) is 9.53 Å². The SMILES string of the molecule is CCOC(=O)C1=C(C)N=c2s/c(=C\c3ccc(-c4cccc([N+](=O)[O-])c4)o3)c(=O)n2C1c1ccc(OC)cc1OC. The molecule has 0 radical (unpaired) electrons. The van der Waals surface area contributed by atoms with Crippen molar-refractivity contribution in [2.75, 3.05) is 20.8 Å². The van der Waals surface area contributed by atoms with E-state index in [2.05, 4.69) is 4.99 Å². The van der Waals surface area contributed by atoms with Crippen molar-refractivity contribution in [3.63, 3.8) is 0 Å². The van der Waals surface area contributed by atoms with Gasteiger partial charge in [0.25, 0.3) is 11.2 Å². The number of methoxy groups -OCH3 is 2. The van der Waals surface area contributed by atoms with E-state index in [0.717, 1.165) is 11.3 Å². The topological polar surface area (TPSA) is 135 Å². The second-order valence-corrected chi connectivity index (χ2v) is 9.93. The van der Waals surface area contributed by atoms with E-state index in [-0.39, 0.29) is 23.4 Å². The predicted molar refractivity (Wildman–Crippen MR) is 151 cm³/mol. The molecule has 11 nitrogen and oxygen atoms in total. The van der Waals surface area contributed by atoms with E-state index in [9.17, 15) is 19.7 Å². The molecule has 4 aromatic rings. The van der Waals surface area contributed by atoms with E-state index >= 15 is 0 Å². The first-order valence-electron chi connectivity index (χ1n) is 12.5. The van der Waals surface area contributed by atoms with Crippen molar-refractivity contribution < 1.29 is 28.3 Å². The van der Waals surface area contributed by atoms with Gasteiger partial charge in [-0.15, -0.1) is 0 Å². The lowest BCUT2D eigenvalue weighted by atomic mass is 9.95. The van der Waals surface area contributed by atoms with Gasteiger partial charge in [-0.3, -0.25) is 19.5 Å². The minimum Gasteiger partial charge on any atom is -0.497 e. The quantitative estimate of drug-likeness (QED) is 0.175. The van der Waals surface area contributed by atoms with Crippen molar-refractivity contribution in [3.8, 4) is 22.8 Å². The zero-order valence-electron chi connectivity index (χ0n) is 22.6. The van der Waals surface area contributed by atoms with Gasteiger partial charge in [0.15, 0.2) is 4.80 Å². The number of rotatable bonds is 8. The minimum absolute atomic E-state index is 0.0597. The van der Waals surface area contributed by atoms with Gasteiger partial charge in [0.2, 0.25) is 0 Å². The number of carbonyl (C=O) groups is 1. The fraction of sp³-hybridized carbons (Fsp3) is 0.207. The van der Waals surface area contributed by atoms with Gasteiger partial charge in [0.1, 0.15) is 29.1 Å².